The molecule has 0 saturated heterocycles. The van der Waals surface area contributed by atoms with Gasteiger partial charge in [0.1, 0.15) is 0 Å². The van der Waals surface area contributed by atoms with Crippen LogP contribution in [0, 0.1) is 0 Å². The zero-order valence-electron chi connectivity index (χ0n) is 15.3. The first-order chi connectivity index (χ1) is 11.8. The number of fused-ring (bicyclic) bond motifs is 2. The average Bonchev–Trinajstić information content (AvgIpc) is 3.00. The van der Waals surface area contributed by atoms with Gasteiger partial charge in [0.25, 0.3) is 0 Å². The molecule has 0 bridgehead atoms. The zero-order chi connectivity index (χ0) is 18.1. The van der Waals surface area contributed by atoms with Crippen LogP contribution >= 0.6 is 0 Å². The standard InChI is InChI=1S/C13H16O.C10H12O/c1-10(2)7-13(14)8-11-5-3-4-6-12(11)9-13;1-10(11)6-8-4-2-3-5-9(8)7-10/h3-6,14H,1,7-9H2,2H3;2-5,11H,6-7H2,1H3. The third-order valence-electron chi connectivity index (χ3n) is 5.05. The fourth-order valence-corrected chi connectivity index (χ4v) is 4.15. The monoisotopic (exact) mass is 336 g/mol. The fourth-order valence-electron chi connectivity index (χ4n) is 4.15. The Morgan fingerprint density at radius 1 is 0.840 bits per heavy atom. The second-order valence-corrected chi connectivity index (χ2v) is 8.10. The minimum absolute atomic E-state index is 0.496. The Bertz CT molecular complexity index is 721. The Labute approximate surface area is 150 Å². The maximum absolute atomic E-state index is 10.3. The molecule has 0 aromatic heterocycles. The molecule has 0 spiro atoms. The molecule has 0 fully saturated rings. The molecule has 0 unspecified atom stereocenters. The van der Waals surface area contributed by atoms with E-state index < -0.39 is 11.2 Å². The van der Waals surface area contributed by atoms with Crippen LogP contribution in [0.4, 0.5) is 0 Å². The molecule has 2 N–H and O–H groups in total. The lowest BCUT2D eigenvalue weighted by Gasteiger charge is -2.21. The summed E-state index contributed by atoms with van der Waals surface area (Å²) in [6.07, 6.45) is 3.88. The van der Waals surface area contributed by atoms with Crippen LogP contribution in [0.1, 0.15) is 42.5 Å². The number of rotatable bonds is 2. The highest BCUT2D eigenvalue weighted by molar-refractivity contribution is 5.36. The van der Waals surface area contributed by atoms with Crippen LogP contribution < -0.4 is 0 Å². The summed E-state index contributed by atoms with van der Waals surface area (Å²) in [6.45, 7) is 7.74. The van der Waals surface area contributed by atoms with Crippen molar-refractivity contribution in [1.82, 2.24) is 0 Å². The molecular weight excluding hydrogens is 308 g/mol. The molecular formula is C23H28O2. The molecule has 0 heterocycles. The Morgan fingerprint density at radius 3 is 1.56 bits per heavy atom. The number of hydrogen-bond donors (Lipinski definition) is 2. The van der Waals surface area contributed by atoms with E-state index >= 15 is 0 Å². The lowest BCUT2D eigenvalue weighted by molar-refractivity contribution is 0.0519. The Kier molecular flexibility index (Phi) is 4.86. The zero-order valence-corrected chi connectivity index (χ0v) is 15.3. The molecule has 132 valence electrons. The van der Waals surface area contributed by atoms with Crippen LogP contribution in [0.2, 0.25) is 0 Å². The van der Waals surface area contributed by atoms with Crippen molar-refractivity contribution in [2.75, 3.05) is 0 Å². The molecule has 2 aromatic carbocycles. The van der Waals surface area contributed by atoms with Gasteiger partial charge in [0, 0.05) is 25.7 Å². The number of hydrogen-bond acceptors (Lipinski definition) is 2. The topological polar surface area (TPSA) is 40.5 Å². The molecule has 0 radical (unpaired) electrons. The molecule has 4 rings (SSSR count). The second-order valence-electron chi connectivity index (χ2n) is 8.10. The van der Waals surface area contributed by atoms with E-state index in [0.717, 1.165) is 31.3 Å². The van der Waals surface area contributed by atoms with Crippen molar-refractivity contribution in [2.24, 2.45) is 0 Å². The van der Waals surface area contributed by atoms with Crippen molar-refractivity contribution < 1.29 is 10.2 Å². The van der Waals surface area contributed by atoms with E-state index in [1.165, 1.54) is 22.3 Å². The summed E-state index contributed by atoms with van der Waals surface area (Å²) in [7, 11) is 0. The van der Waals surface area contributed by atoms with Gasteiger partial charge in [-0.1, -0.05) is 54.1 Å². The van der Waals surface area contributed by atoms with Gasteiger partial charge < -0.3 is 10.2 Å². The second kappa shape index (κ2) is 6.78. The summed E-state index contributed by atoms with van der Waals surface area (Å²) >= 11 is 0. The number of aliphatic hydroxyl groups is 2. The average molecular weight is 336 g/mol. The van der Waals surface area contributed by atoms with Gasteiger partial charge in [-0.3, -0.25) is 0 Å². The summed E-state index contributed by atoms with van der Waals surface area (Å²) in [6, 6.07) is 16.5. The third kappa shape index (κ3) is 4.39. The first-order valence-corrected chi connectivity index (χ1v) is 8.99. The van der Waals surface area contributed by atoms with E-state index in [2.05, 4.69) is 30.8 Å². The third-order valence-corrected chi connectivity index (χ3v) is 5.05. The molecule has 0 amide bonds. The van der Waals surface area contributed by atoms with Crippen molar-refractivity contribution in [2.45, 2.75) is 57.2 Å². The predicted octanol–water partition coefficient (Wildman–Crippen LogP) is 4.02. The summed E-state index contributed by atoms with van der Waals surface area (Å²) in [5.74, 6) is 0. The van der Waals surface area contributed by atoms with E-state index in [1.807, 2.05) is 38.1 Å². The van der Waals surface area contributed by atoms with Crippen molar-refractivity contribution in [3.05, 3.63) is 82.9 Å². The molecule has 2 aliphatic carbocycles. The van der Waals surface area contributed by atoms with Gasteiger partial charge in [0.15, 0.2) is 0 Å². The van der Waals surface area contributed by atoms with E-state index in [9.17, 15) is 10.2 Å². The van der Waals surface area contributed by atoms with Gasteiger partial charge in [-0.15, -0.1) is 6.58 Å². The van der Waals surface area contributed by atoms with Crippen molar-refractivity contribution >= 4 is 0 Å². The van der Waals surface area contributed by atoms with Crippen molar-refractivity contribution in [3.8, 4) is 0 Å². The van der Waals surface area contributed by atoms with E-state index in [4.69, 9.17) is 0 Å². The van der Waals surface area contributed by atoms with Crippen LogP contribution in [-0.4, -0.2) is 21.4 Å². The van der Waals surface area contributed by atoms with Crippen LogP contribution in [-0.2, 0) is 25.7 Å². The lowest BCUT2D eigenvalue weighted by Crippen LogP contribution is -2.29. The smallest absolute Gasteiger partial charge is 0.0764 e. The molecule has 2 aliphatic rings. The van der Waals surface area contributed by atoms with Crippen LogP contribution in [0.3, 0.4) is 0 Å². The highest BCUT2D eigenvalue weighted by Crippen LogP contribution is 2.33. The highest BCUT2D eigenvalue weighted by atomic mass is 16.3. The van der Waals surface area contributed by atoms with Crippen LogP contribution in [0.15, 0.2) is 60.7 Å². The van der Waals surface area contributed by atoms with Crippen LogP contribution in [0.25, 0.3) is 0 Å². The van der Waals surface area contributed by atoms with Crippen molar-refractivity contribution in [1.29, 1.82) is 0 Å². The quantitative estimate of drug-likeness (QED) is 0.813. The predicted molar refractivity (Wildman–Crippen MR) is 103 cm³/mol. The van der Waals surface area contributed by atoms with Gasteiger partial charge in [-0.2, -0.15) is 0 Å². The summed E-state index contributed by atoms with van der Waals surface area (Å²) < 4.78 is 0. The molecule has 0 atom stereocenters. The summed E-state index contributed by atoms with van der Waals surface area (Å²) in [5, 5.41) is 20.0. The van der Waals surface area contributed by atoms with Gasteiger partial charge >= 0.3 is 0 Å². The normalized spacial score (nSPS) is 18.7. The van der Waals surface area contributed by atoms with E-state index in [0.29, 0.717) is 6.42 Å². The minimum Gasteiger partial charge on any atom is -0.389 e. The summed E-state index contributed by atoms with van der Waals surface area (Å²) in [4.78, 5) is 0. The highest BCUT2D eigenvalue weighted by Gasteiger charge is 2.34. The maximum atomic E-state index is 10.3. The molecule has 25 heavy (non-hydrogen) atoms. The molecule has 2 heteroatoms. The van der Waals surface area contributed by atoms with Gasteiger partial charge in [0.2, 0.25) is 0 Å². The Morgan fingerprint density at radius 2 is 1.20 bits per heavy atom. The van der Waals surface area contributed by atoms with Gasteiger partial charge in [0.05, 0.1) is 11.2 Å². The van der Waals surface area contributed by atoms with E-state index in [1.54, 1.807) is 0 Å². The van der Waals surface area contributed by atoms with Gasteiger partial charge in [-0.25, -0.2) is 0 Å². The first-order valence-electron chi connectivity index (χ1n) is 8.99. The number of benzene rings is 2. The molecule has 0 saturated carbocycles. The van der Waals surface area contributed by atoms with E-state index in [-0.39, 0.29) is 0 Å². The minimum atomic E-state index is -0.574. The first kappa shape index (κ1) is 17.9. The lowest BCUT2D eigenvalue weighted by atomic mass is 9.93. The van der Waals surface area contributed by atoms with Gasteiger partial charge in [-0.05, 0) is 42.5 Å². The summed E-state index contributed by atoms with van der Waals surface area (Å²) in [5.41, 5.74) is 5.17. The fraction of sp³-hybridized carbons (Fsp3) is 0.391. The van der Waals surface area contributed by atoms with Crippen LogP contribution in [0.5, 0.6) is 0 Å². The Hall–Kier alpha value is -1.90. The maximum Gasteiger partial charge on any atom is 0.0764 e. The molecule has 2 nitrogen and oxygen atoms in total. The van der Waals surface area contributed by atoms with Crippen molar-refractivity contribution in [3.63, 3.8) is 0 Å². The SMILES string of the molecule is C=C(C)CC1(O)Cc2ccccc2C1.CC1(O)Cc2ccccc2C1. The largest absolute Gasteiger partial charge is 0.389 e. The Balaban J connectivity index is 0.000000150. The molecule has 2 aromatic rings. The molecule has 0 aliphatic heterocycles.